The second-order valence-corrected chi connectivity index (χ2v) is 9.76. The van der Waals surface area contributed by atoms with Gasteiger partial charge >= 0.3 is 0 Å². The molecule has 5 rings (SSSR count). The number of benzene rings is 2. The van der Waals surface area contributed by atoms with Gasteiger partial charge in [-0.05, 0) is 67.3 Å². The molecule has 32 heavy (non-hydrogen) atoms. The topological polar surface area (TPSA) is 54.4 Å². The van der Waals surface area contributed by atoms with Crippen LogP contribution in [0.2, 0.25) is 0 Å². The number of carbonyl (C=O) groups excluding carboxylic acids is 1. The number of aryl methyl sites for hydroxylation is 2. The summed E-state index contributed by atoms with van der Waals surface area (Å²) in [6.45, 7) is 4.56. The SMILES string of the molecule is Cc1csc(CNC(=O)c2ccc3c(c2)N=C(c2cccc(C)n2)c2ccccc2S3)c1. The van der Waals surface area contributed by atoms with Gasteiger partial charge in [0.15, 0.2) is 0 Å². The Balaban J connectivity index is 1.52. The van der Waals surface area contributed by atoms with Crippen LogP contribution in [-0.2, 0) is 6.54 Å². The Kier molecular flexibility index (Phi) is 5.64. The van der Waals surface area contributed by atoms with Crippen LogP contribution in [0.5, 0.6) is 0 Å². The standard InChI is InChI=1S/C26H21N3OS2/c1-16-12-19(31-15-16)14-27-26(30)18-10-11-24-22(13-18)29-25(21-8-5-6-17(2)28-21)20-7-3-4-9-23(20)32-24/h3-13,15H,14H2,1-2H3,(H,27,30). The lowest BCUT2D eigenvalue weighted by Crippen LogP contribution is -2.22. The number of amides is 1. The maximum Gasteiger partial charge on any atom is 0.251 e. The van der Waals surface area contributed by atoms with Crippen LogP contribution in [0.4, 0.5) is 5.69 Å². The normalized spacial score (nSPS) is 12.4. The number of rotatable bonds is 4. The summed E-state index contributed by atoms with van der Waals surface area (Å²) in [4.78, 5) is 25.8. The smallest absolute Gasteiger partial charge is 0.251 e. The van der Waals surface area contributed by atoms with E-state index in [0.29, 0.717) is 12.1 Å². The molecule has 1 N–H and O–H groups in total. The molecule has 0 fully saturated rings. The summed E-state index contributed by atoms with van der Waals surface area (Å²) in [7, 11) is 0. The van der Waals surface area contributed by atoms with E-state index in [0.717, 1.165) is 43.0 Å². The fourth-order valence-electron chi connectivity index (χ4n) is 3.61. The first kappa shape index (κ1) is 20.7. The van der Waals surface area contributed by atoms with Gasteiger partial charge in [-0.2, -0.15) is 0 Å². The molecular formula is C26H21N3OS2. The van der Waals surface area contributed by atoms with Gasteiger partial charge in [0.05, 0.1) is 23.6 Å². The van der Waals surface area contributed by atoms with Gasteiger partial charge in [-0.25, -0.2) is 4.99 Å². The van der Waals surface area contributed by atoms with E-state index >= 15 is 0 Å². The minimum absolute atomic E-state index is 0.101. The van der Waals surface area contributed by atoms with Gasteiger partial charge in [0.1, 0.15) is 0 Å². The third-order valence-corrected chi connectivity index (χ3v) is 7.35. The molecule has 158 valence electrons. The van der Waals surface area contributed by atoms with E-state index in [4.69, 9.17) is 9.98 Å². The van der Waals surface area contributed by atoms with Gasteiger partial charge in [-0.3, -0.25) is 9.78 Å². The van der Waals surface area contributed by atoms with Crippen LogP contribution in [0.3, 0.4) is 0 Å². The molecule has 1 aliphatic heterocycles. The molecule has 3 heterocycles. The summed E-state index contributed by atoms with van der Waals surface area (Å²) in [6, 6.07) is 22.0. The Morgan fingerprint density at radius 1 is 0.969 bits per heavy atom. The van der Waals surface area contributed by atoms with Crippen molar-refractivity contribution in [2.45, 2.75) is 30.2 Å². The fraction of sp³-hybridized carbons (Fsp3) is 0.115. The van der Waals surface area contributed by atoms with Crippen LogP contribution in [-0.4, -0.2) is 16.6 Å². The number of aliphatic imine (C=N–C) groups is 1. The first-order valence-corrected chi connectivity index (χ1v) is 12.0. The zero-order chi connectivity index (χ0) is 22.1. The van der Waals surface area contributed by atoms with Crippen LogP contribution in [0.25, 0.3) is 0 Å². The molecule has 0 radical (unpaired) electrons. The average molecular weight is 456 g/mol. The fourth-order valence-corrected chi connectivity index (χ4v) is 5.42. The Morgan fingerprint density at radius 2 is 1.84 bits per heavy atom. The van der Waals surface area contributed by atoms with Crippen molar-refractivity contribution >= 4 is 40.4 Å². The van der Waals surface area contributed by atoms with E-state index in [2.05, 4.69) is 35.8 Å². The third-order valence-electron chi connectivity index (χ3n) is 5.15. The van der Waals surface area contributed by atoms with Crippen molar-refractivity contribution < 1.29 is 4.79 Å². The number of carbonyl (C=O) groups is 1. The molecule has 4 nitrogen and oxygen atoms in total. The first-order chi connectivity index (χ1) is 15.6. The third kappa shape index (κ3) is 4.24. The lowest BCUT2D eigenvalue weighted by molar-refractivity contribution is 0.0951. The molecule has 2 aromatic carbocycles. The van der Waals surface area contributed by atoms with Crippen LogP contribution in [0.1, 0.15) is 37.7 Å². The monoisotopic (exact) mass is 455 g/mol. The zero-order valence-electron chi connectivity index (χ0n) is 17.8. The van der Waals surface area contributed by atoms with Crippen molar-refractivity contribution in [1.82, 2.24) is 10.3 Å². The highest BCUT2D eigenvalue weighted by molar-refractivity contribution is 7.99. The van der Waals surface area contributed by atoms with Crippen LogP contribution >= 0.6 is 23.1 Å². The summed E-state index contributed by atoms with van der Waals surface area (Å²) in [5.41, 5.74) is 6.24. The summed E-state index contributed by atoms with van der Waals surface area (Å²) in [5, 5.41) is 5.11. The number of fused-ring (bicyclic) bond motifs is 2. The summed E-state index contributed by atoms with van der Waals surface area (Å²) < 4.78 is 0. The molecule has 0 saturated heterocycles. The minimum Gasteiger partial charge on any atom is -0.347 e. The van der Waals surface area contributed by atoms with Crippen molar-refractivity contribution in [3.05, 3.63) is 105 Å². The largest absolute Gasteiger partial charge is 0.347 e. The molecule has 1 aliphatic rings. The number of pyridine rings is 1. The predicted octanol–water partition coefficient (Wildman–Crippen LogP) is 6.32. The van der Waals surface area contributed by atoms with Crippen LogP contribution in [0, 0.1) is 13.8 Å². The van der Waals surface area contributed by atoms with E-state index in [-0.39, 0.29) is 5.91 Å². The highest BCUT2D eigenvalue weighted by Crippen LogP contribution is 2.41. The molecule has 2 aromatic heterocycles. The number of nitrogens with zero attached hydrogens (tertiary/aromatic N) is 2. The molecular weight excluding hydrogens is 434 g/mol. The van der Waals surface area contributed by atoms with Gasteiger partial charge in [0.25, 0.3) is 5.91 Å². The lowest BCUT2D eigenvalue weighted by Gasteiger charge is -2.08. The molecule has 6 heteroatoms. The van der Waals surface area contributed by atoms with E-state index in [9.17, 15) is 4.79 Å². The van der Waals surface area contributed by atoms with Crippen molar-refractivity contribution in [2.24, 2.45) is 4.99 Å². The van der Waals surface area contributed by atoms with Gasteiger partial charge in [0, 0.05) is 31.5 Å². The predicted molar refractivity (Wildman–Crippen MR) is 132 cm³/mol. The second-order valence-electron chi connectivity index (χ2n) is 7.68. The van der Waals surface area contributed by atoms with Gasteiger partial charge < -0.3 is 5.32 Å². The van der Waals surface area contributed by atoms with Crippen molar-refractivity contribution in [3.63, 3.8) is 0 Å². The van der Waals surface area contributed by atoms with Crippen molar-refractivity contribution in [3.8, 4) is 0 Å². The lowest BCUT2D eigenvalue weighted by atomic mass is 10.1. The quantitative estimate of drug-likeness (QED) is 0.345. The molecule has 0 atom stereocenters. The number of hydrogen-bond donors (Lipinski definition) is 1. The molecule has 0 unspecified atom stereocenters. The number of hydrogen-bond acceptors (Lipinski definition) is 5. The zero-order valence-corrected chi connectivity index (χ0v) is 19.4. The maximum atomic E-state index is 12.8. The summed E-state index contributed by atoms with van der Waals surface area (Å²) >= 11 is 3.32. The molecule has 0 saturated carbocycles. The van der Waals surface area contributed by atoms with Gasteiger partial charge in [-0.1, -0.05) is 36.0 Å². The average Bonchev–Trinajstić information content (AvgIpc) is 3.14. The Hall–Kier alpha value is -3.22. The van der Waals surface area contributed by atoms with Crippen molar-refractivity contribution in [1.29, 1.82) is 0 Å². The Bertz CT molecular complexity index is 1360. The molecule has 1 amide bonds. The number of thiophene rings is 1. The first-order valence-electron chi connectivity index (χ1n) is 10.3. The van der Waals surface area contributed by atoms with Crippen LogP contribution in [0.15, 0.2) is 86.9 Å². The number of aromatic nitrogens is 1. The van der Waals surface area contributed by atoms with Gasteiger partial charge in [-0.15, -0.1) is 11.3 Å². The second kappa shape index (κ2) is 8.73. The van der Waals surface area contributed by atoms with E-state index in [1.165, 1.54) is 5.56 Å². The Labute approximate surface area is 195 Å². The Morgan fingerprint density at radius 3 is 2.66 bits per heavy atom. The molecule has 0 aliphatic carbocycles. The van der Waals surface area contributed by atoms with Crippen LogP contribution < -0.4 is 5.32 Å². The molecule has 0 bridgehead atoms. The van der Waals surface area contributed by atoms with E-state index in [1.54, 1.807) is 23.1 Å². The summed E-state index contributed by atoms with van der Waals surface area (Å²) in [6.07, 6.45) is 0. The molecule has 0 spiro atoms. The highest BCUT2D eigenvalue weighted by atomic mass is 32.2. The minimum atomic E-state index is -0.101. The number of nitrogens with one attached hydrogen (secondary N) is 1. The van der Waals surface area contributed by atoms with Crippen molar-refractivity contribution in [2.75, 3.05) is 0 Å². The molecule has 4 aromatic rings. The highest BCUT2D eigenvalue weighted by Gasteiger charge is 2.20. The maximum absolute atomic E-state index is 12.8. The van der Waals surface area contributed by atoms with E-state index in [1.807, 2.05) is 55.5 Å². The van der Waals surface area contributed by atoms with E-state index < -0.39 is 0 Å². The van der Waals surface area contributed by atoms with Gasteiger partial charge in [0.2, 0.25) is 0 Å². The summed E-state index contributed by atoms with van der Waals surface area (Å²) in [5.74, 6) is -0.101.